The maximum atomic E-state index is 11.0. The summed E-state index contributed by atoms with van der Waals surface area (Å²) >= 11 is 0. The number of likely N-dealkylation sites (tertiary alicyclic amines) is 1. The minimum Gasteiger partial charge on any atom is -0.480 e. The van der Waals surface area contributed by atoms with Gasteiger partial charge < -0.3 is 10.0 Å². The van der Waals surface area contributed by atoms with Gasteiger partial charge in [0.05, 0.1) is 0 Å². The zero-order chi connectivity index (χ0) is 8.43. The lowest BCUT2D eigenvalue weighted by atomic mass is 10.2. The molecule has 1 amide bonds. The normalized spacial score (nSPS) is 24.3. The third kappa shape index (κ3) is 1.69. The standard InChI is InChI=1S/C7H11NO3/c1-5-2-3-6(9)8(5)4-7(10)11/h5H,2-4H2,1H3,(H,10,11). The molecule has 0 aromatic carbocycles. The van der Waals surface area contributed by atoms with Gasteiger partial charge in [-0.2, -0.15) is 0 Å². The van der Waals surface area contributed by atoms with E-state index in [-0.39, 0.29) is 18.5 Å². The Kier molecular flexibility index (Phi) is 2.12. The number of rotatable bonds is 2. The van der Waals surface area contributed by atoms with Crippen LogP contribution in [0.2, 0.25) is 0 Å². The lowest BCUT2D eigenvalue weighted by Gasteiger charge is -2.18. The average molecular weight is 157 g/mol. The van der Waals surface area contributed by atoms with Crippen LogP contribution in [-0.4, -0.2) is 34.5 Å². The fraction of sp³-hybridized carbons (Fsp3) is 0.714. The van der Waals surface area contributed by atoms with Crippen LogP contribution in [0.3, 0.4) is 0 Å². The summed E-state index contributed by atoms with van der Waals surface area (Å²) in [7, 11) is 0. The van der Waals surface area contributed by atoms with Crippen molar-refractivity contribution in [2.75, 3.05) is 6.54 Å². The Labute approximate surface area is 64.8 Å². The van der Waals surface area contributed by atoms with Gasteiger partial charge in [0.2, 0.25) is 5.91 Å². The van der Waals surface area contributed by atoms with E-state index in [4.69, 9.17) is 5.11 Å². The predicted molar refractivity (Wildman–Crippen MR) is 38.0 cm³/mol. The van der Waals surface area contributed by atoms with E-state index in [2.05, 4.69) is 0 Å². The molecule has 0 spiro atoms. The summed E-state index contributed by atoms with van der Waals surface area (Å²) in [6, 6.07) is 0.0959. The zero-order valence-corrected chi connectivity index (χ0v) is 6.41. The number of carboxylic acid groups (broad SMARTS) is 1. The van der Waals surface area contributed by atoms with Crippen LogP contribution in [0, 0.1) is 0 Å². The molecule has 0 aromatic rings. The van der Waals surface area contributed by atoms with E-state index in [1.807, 2.05) is 6.92 Å². The number of hydrogen-bond donors (Lipinski definition) is 1. The van der Waals surface area contributed by atoms with Gasteiger partial charge in [-0.25, -0.2) is 0 Å². The van der Waals surface area contributed by atoms with E-state index < -0.39 is 5.97 Å². The molecular weight excluding hydrogens is 146 g/mol. The molecule has 0 bridgehead atoms. The SMILES string of the molecule is CC1CCC(=O)N1CC(=O)O. The summed E-state index contributed by atoms with van der Waals surface area (Å²) in [4.78, 5) is 22.6. The Balaban J connectivity index is 2.54. The maximum Gasteiger partial charge on any atom is 0.323 e. The van der Waals surface area contributed by atoms with Crippen molar-refractivity contribution in [1.82, 2.24) is 4.90 Å². The van der Waals surface area contributed by atoms with Crippen LogP contribution >= 0.6 is 0 Å². The molecule has 0 saturated carbocycles. The average Bonchev–Trinajstić information content (AvgIpc) is 2.18. The first-order valence-corrected chi connectivity index (χ1v) is 3.62. The first-order valence-electron chi connectivity index (χ1n) is 3.62. The van der Waals surface area contributed by atoms with E-state index in [1.165, 1.54) is 4.90 Å². The number of carboxylic acids is 1. The Bertz CT molecular complexity index is 190. The molecule has 1 aliphatic heterocycles. The van der Waals surface area contributed by atoms with E-state index in [1.54, 1.807) is 0 Å². The minimum absolute atomic E-state index is 0.0418. The first kappa shape index (κ1) is 8.04. The summed E-state index contributed by atoms with van der Waals surface area (Å²) in [5.41, 5.74) is 0. The second-order valence-electron chi connectivity index (χ2n) is 2.80. The van der Waals surface area contributed by atoms with E-state index in [0.717, 1.165) is 6.42 Å². The largest absolute Gasteiger partial charge is 0.480 e. The van der Waals surface area contributed by atoms with Gasteiger partial charge in [0.25, 0.3) is 0 Å². The summed E-state index contributed by atoms with van der Waals surface area (Å²) in [5.74, 6) is -0.980. The first-order chi connectivity index (χ1) is 5.11. The molecule has 62 valence electrons. The van der Waals surface area contributed by atoms with Crippen molar-refractivity contribution >= 4 is 11.9 Å². The summed E-state index contributed by atoms with van der Waals surface area (Å²) in [6.07, 6.45) is 1.28. The molecule has 1 unspecified atom stereocenters. The fourth-order valence-corrected chi connectivity index (χ4v) is 1.27. The van der Waals surface area contributed by atoms with Gasteiger partial charge in [0.15, 0.2) is 0 Å². The van der Waals surface area contributed by atoms with Gasteiger partial charge in [0, 0.05) is 12.5 Å². The van der Waals surface area contributed by atoms with Crippen LogP contribution < -0.4 is 0 Å². The van der Waals surface area contributed by atoms with Crippen molar-refractivity contribution < 1.29 is 14.7 Å². The lowest BCUT2D eigenvalue weighted by Crippen LogP contribution is -2.35. The van der Waals surface area contributed by atoms with E-state index in [9.17, 15) is 9.59 Å². The third-order valence-corrected chi connectivity index (χ3v) is 1.93. The second-order valence-corrected chi connectivity index (χ2v) is 2.80. The van der Waals surface area contributed by atoms with Crippen LogP contribution in [0.5, 0.6) is 0 Å². The van der Waals surface area contributed by atoms with Crippen molar-refractivity contribution in [1.29, 1.82) is 0 Å². The van der Waals surface area contributed by atoms with Gasteiger partial charge in [-0.05, 0) is 13.3 Å². The highest BCUT2D eigenvalue weighted by molar-refractivity contribution is 5.83. The number of hydrogen-bond acceptors (Lipinski definition) is 2. The van der Waals surface area contributed by atoms with Crippen LogP contribution in [0.4, 0.5) is 0 Å². The molecule has 1 saturated heterocycles. The minimum atomic E-state index is -0.938. The Morgan fingerprint density at radius 2 is 2.45 bits per heavy atom. The number of nitrogens with zero attached hydrogens (tertiary/aromatic N) is 1. The number of carbonyl (C=O) groups excluding carboxylic acids is 1. The lowest BCUT2D eigenvalue weighted by molar-refractivity contribution is -0.143. The number of amides is 1. The van der Waals surface area contributed by atoms with Gasteiger partial charge in [-0.15, -0.1) is 0 Å². The summed E-state index contributed by atoms with van der Waals surface area (Å²) in [5, 5.41) is 8.42. The van der Waals surface area contributed by atoms with Crippen LogP contribution in [0.1, 0.15) is 19.8 Å². The summed E-state index contributed by atoms with van der Waals surface area (Å²) in [6.45, 7) is 1.72. The Morgan fingerprint density at radius 3 is 2.82 bits per heavy atom. The van der Waals surface area contributed by atoms with Gasteiger partial charge in [-0.3, -0.25) is 9.59 Å². The maximum absolute atomic E-state index is 11.0. The van der Waals surface area contributed by atoms with E-state index >= 15 is 0 Å². The molecule has 1 atom stereocenters. The smallest absolute Gasteiger partial charge is 0.323 e. The molecule has 11 heavy (non-hydrogen) atoms. The molecule has 1 fully saturated rings. The highest BCUT2D eigenvalue weighted by Crippen LogP contribution is 2.16. The highest BCUT2D eigenvalue weighted by atomic mass is 16.4. The molecule has 0 radical (unpaired) electrons. The summed E-state index contributed by atoms with van der Waals surface area (Å²) < 4.78 is 0. The molecule has 4 heteroatoms. The Morgan fingerprint density at radius 1 is 1.82 bits per heavy atom. The van der Waals surface area contributed by atoms with Crippen molar-refractivity contribution in [3.05, 3.63) is 0 Å². The monoisotopic (exact) mass is 157 g/mol. The van der Waals surface area contributed by atoms with Crippen molar-refractivity contribution in [2.24, 2.45) is 0 Å². The van der Waals surface area contributed by atoms with Crippen LogP contribution in [0.15, 0.2) is 0 Å². The van der Waals surface area contributed by atoms with Crippen LogP contribution in [0.25, 0.3) is 0 Å². The molecule has 0 aliphatic carbocycles. The third-order valence-electron chi connectivity index (χ3n) is 1.93. The molecule has 4 nitrogen and oxygen atoms in total. The molecule has 1 aliphatic rings. The topological polar surface area (TPSA) is 57.6 Å². The molecule has 1 heterocycles. The van der Waals surface area contributed by atoms with Crippen molar-refractivity contribution in [2.45, 2.75) is 25.8 Å². The van der Waals surface area contributed by atoms with Gasteiger partial charge in [0.1, 0.15) is 6.54 Å². The van der Waals surface area contributed by atoms with Crippen molar-refractivity contribution in [3.8, 4) is 0 Å². The molecule has 1 rings (SSSR count). The predicted octanol–water partition coefficient (Wildman–Crippen LogP) is 0.0819. The quantitative estimate of drug-likeness (QED) is 0.617. The van der Waals surface area contributed by atoms with E-state index in [0.29, 0.717) is 6.42 Å². The van der Waals surface area contributed by atoms with Crippen LogP contribution in [-0.2, 0) is 9.59 Å². The highest BCUT2D eigenvalue weighted by Gasteiger charge is 2.28. The Hall–Kier alpha value is -1.06. The molecule has 1 N–H and O–H groups in total. The van der Waals surface area contributed by atoms with Crippen molar-refractivity contribution in [3.63, 3.8) is 0 Å². The molecule has 0 aromatic heterocycles. The zero-order valence-electron chi connectivity index (χ0n) is 6.41. The second kappa shape index (κ2) is 2.90. The molecular formula is C7H11NO3. The number of aliphatic carboxylic acids is 1. The fourth-order valence-electron chi connectivity index (χ4n) is 1.27. The van der Waals surface area contributed by atoms with Gasteiger partial charge >= 0.3 is 5.97 Å². The number of carbonyl (C=O) groups is 2. The van der Waals surface area contributed by atoms with Gasteiger partial charge in [-0.1, -0.05) is 0 Å².